The van der Waals surface area contributed by atoms with Crippen LogP contribution in [0.15, 0.2) is 16.7 Å². The molecule has 0 radical (unpaired) electrons. The van der Waals surface area contributed by atoms with Crippen LogP contribution < -0.4 is 5.32 Å². The number of halogens is 1. The molecule has 1 N–H and O–H groups in total. The average Bonchev–Trinajstić information content (AvgIpc) is 2.44. The lowest BCUT2D eigenvalue weighted by Crippen LogP contribution is -2.41. The number of carbonyl (C=O) groups is 1. The van der Waals surface area contributed by atoms with Crippen molar-refractivity contribution in [2.45, 2.75) is 13.3 Å². The number of rotatable bonds is 4. The molecule has 0 saturated carbocycles. The smallest absolute Gasteiger partial charge is 0.224 e. The first-order chi connectivity index (χ1) is 9.18. The number of nitrogens with zero attached hydrogens (tertiary/aromatic N) is 2. The number of ether oxygens (including phenoxy) is 1. The lowest BCUT2D eigenvalue weighted by Gasteiger charge is -2.26. The summed E-state index contributed by atoms with van der Waals surface area (Å²) in [5.74, 6) is 0.953. The SMILES string of the molecule is Cc1ccnc(NCCC(=O)N2CCOCC2)c1Br. The standard InChI is InChI=1S/C13H18BrN3O2/c1-10-2-4-15-13(12(10)14)16-5-3-11(18)17-6-8-19-9-7-17/h2,4H,3,5-9H2,1H3,(H,15,16). The Balaban J connectivity index is 1.79. The van der Waals surface area contributed by atoms with Crippen LogP contribution in [-0.2, 0) is 9.53 Å². The normalized spacial score (nSPS) is 15.4. The maximum absolute atomic E-state index is 11.9. The zero-order valence-corrected chi connectivity index (χ0v) is 12.6. The van der Waals surface area contributed by atoms with Crippen molar-refractivity contribution in [2.75, 3.05) is 38.2 Å². The fraction of sp³-hybridized carbons (Fsp3) is 0.538. The third-order valence-electron chi connectivity index (χ3n) is 3.08. The summed E-state index contributed by atoms with van der Waals surface area (Å²) >= 11 is 3.49. The minimum Gasteiger partial charge on any atom is -0.378 e. The van der Waals surface area contributed by atoms with Gasteiger partial charge in [0, 0.05) is 32.3 Å². The molecular formula is C13H18BrN3O2. The largest absolute Gasteiger partial charge is 0.378 e. The van der Waals surface area contributed by atoms with Crippen molar-refractivity contribution >= 4 is 27.7 Å². The number of aromatic nitrogens is 1. The molecule has 0 atom stereocenters. The molecule has 1 fully saturated rings. The third-order valence-corrected chi connectivity index (χ3v) is 4.08. The Kier molecular flexibility index (Phi) is 5.15. The molecule has 5 nitrogen and oxygen atoms in total. The number of nitrogens with one attached hydrogen (secondary N) is 1. The number of pyridine rings is 1. The summed E-state index contributed by atoms with van der Waals surface area (Å²) in [7, 11) is 0. The minimum atomic E-state index is 0.166. The monoisotopic (exact) mass is 327 g/mol. The van der Waals surface area contributed by atoms with Gasteiger partial charge in [0.15, 0.2) is 0 Å². The number of carbonyl (C=O) groups excluding carboxylic acids is 1. The first kappa shape index (κ1) is 14.3. The van der Waals surface area contributed by atoms with E-state index in [9.17, 15) is 4.79 Å². The number of amides is 1. The molecule has 1 aromatic heterocycles. The summed E-state index contributed by atoms with van der Waals surface area (Å²) in [5, 5.41) is 3.19. The Morgan fingerprint density at radius 3 is 3.00 bits per heavy atom. The van der Waals surface area contributed by atoms with E-state index in [2.05, 4.69) is 26.2 Å². The van der Waals surface area contributed by atoms with Crippen molar-refractivity contribution in [3.63, 3.8) is 0 Å². The highest BCUT2D eigenvalue weighted by Gasteiger charge is 2.16. The van der Waals surface area contributed by atoms with Crippen molar-refractivity contribution in [2.24, 2.45) is 0 Å². The van der Waals surface area contributed by atoms with E-state index in [1.54, 1.807) is 6.20 Å². The van der Waals surface area contributed by atoms with Crippen LogP contribution in [0.2, 0.25) is 0 Å². The van der Waals surface area contributed by atoms with Crippen LogP contribution >= 0.6 is 15.9 Å². The highest BCUT2D eigenvalue weighted by Crippen LogP contribution is 2.23. The zero-order valence-electron chi connectivity index (χ0n) is 11.0. The van der Waals surface area contributed by atoms with E-state index >= 15 is 0 Å². The molecule has 1 aromatic rings. The Bertz CT molecular complexity index is 448. The molecule has 0 unspecified atom stereocenters. The number of hydrogen-bond acceptors (Lipinski definition) is 4. The summed E-state index contributed by atoms with van der Waals surface area (Å²) in [5.41, 5.74) is 1.12. The maximum atomic E-state index is 11.9. The maximum Gasteiger partial charge on any atom is 0.224 e. The molecule has 104 valence electrons. The predicted molar refractivity (Wildman–Crippen MR) is 77.2 cm³/mol. The molecule has 0 aromatic carbocycles. The van der Waals surface area contributed by atoms with Crippen molar-refractivity contribution < 1.29 is 9.53 Å². The molecule has 0 aliphatic carbocycles. The summed E-state index contributed by atoms with van der Waals surface area (Å²) in [6.07, 6.45) is 2.23. The second-order valence-corrected chi connectivity index (χ2v) is 5.25. The van der Waals surface area contributed by atoms with Crippen LogP contribution in [0.5, 0.6) is 0 Å². The molecule has 19 heavy (non-hydrogen) atoms. The molecule has 1 saturated heterocycles. The van der Waals surface area contributed by atoms with Crippen molar-refractivity contribution in [1.29, 1.82) is 0 Å². The molecule has 1 aliphatic rings. The van der Waals surface area contributed by atoms with E-state index in [-0.39, 0.29) is 5.91 Å². The molecule has 0 bridgehead atoms. The van der Waals surface area contributed by atoms with Gasteiger partial charge in [0.1, 0.15) is 5.82 Å². The molecular weight excluding hydrogens is 310 g/mol. The highest BCUT2D eigenvalue weighted by atomic mass is 79.9. The van der Waals surface area contributed by atoms with Gasteiger partial charge < -0.3 is 15.0 Å². The van der Waals surface area contributed by atoms with Crippen LogP contribution in [0.3, 0.4) is 0 Å². The summed E-state index contributed by atoms with van der Waals surface area (Å²) < 4.78 is 6.18. The number of hydrogen-bond donors (Lipinski definition) is 1. The molecule has 0 spiro atoms. The Morgan fingerprint density at radius 2 is 2.26 bits per heavy atom. The van der Waals surface area contributed by atoms with E-state index in [4.69, 9.17) is 4.74 Å². The zero-order chi connectivity index (χ0) is 13.7. The number of aryl methyl sites for hydroxylation is 1. The van der Waals surface area contributed by atoms with Gasteiger partial charge in [-0.05, 0) is 34.5 Å². The topological polar surface area (TPSA) is 54.5 Å². The minimum absolute atomic E-state index is 0.166. The summed E-state index contributed by atoms with van der Waals surface area (Å²) in [4.78, 5) is 18.0. The quantitative estimate of drug-likeness (QED) is 0.916. The van der Waals surface area contributed by atoms with E-state index < -0.39 is 0 Å². The Hall–Kier alpha value is -1.14. The lowest BCUT2D eigenvalue weighted by molar-refractivity contribution is -0.134. The molecule has 1 amide bonds. The van der Waals surface area contributed by atoms with Gasteiger partial charge in [0.05, 0.1) is 17.7 Å². The molecule has 1 aliphatic heterocycles. The van der Waals surface area contributed by atoms with Gasteiger partial charge in [-0.3, -0.25) is 4.79 Å². The molecule has 2 rings (SSSR count). The fourth-order valence-corrected chi connectivity index (χ4v) is 2.30. The van der Waals surface area contributed by atoms with Crippen molar-refractivity contribution in [3.05, 3.63) is 22.3 Å². The van der Waals surface area contributed by atoms with E-state index in [1.165, 1.54) is 0 Å². The van der Waals surface area contributed by atoms with E-state index in [0.717, 1.165) is 15.9 Å². The van der Waals surface area contributed by atoms with Gasteiger partial charge in [-0.25, -0.2) is 4.98 Å². The van der Waals surface area contributed by atoms with Crippen LogP contribution in [0.4, 0.5) is 5.82 Å². The summed E-state index contributed by atoms with van der Waals surface area (Å²) in [6.45, 7) is 5.28. The van der Waals surface area contributed by atoms with Crippen molar-refractivity contribution in [3.8, 4) is 0 Å². The van der Waals surface area contributed by atoms with Crippen LogP contribution in [0.1, 0.15) is 12.0 Å². The fourth-order valence-electron chi connectivity index (χ4n) is 1.92. The van der Waals surface area contributed by atoms with Gasteiger partial charge in [0.25, 0.3) is 0 Å². The number of anilines is 1. The van der Waals surface area contributed by atoms with E-state index in [1.807, 2.05) is 17.9 Å². The Morgan fingerprint density at radius 1 is 1.53 bits per heavy atom. The second-order valence-electron chi connectivity index (χ2n) is 4.46. The third kappa shape index (κ3) is 3.91. The average molecular weight is 328 g/mol. The second kappa shape index (κ2) is 6.86. The number of morpholine rings is 1. The van der Waals surface area contributed by atoms with Crippen LogP contribution in [-0.4, -0.2) is 48.6 Å². The lowest BCUT2D eigenvalue weighted by atomic mass is 10.3. The first-order valence-electron chi connectivity index (χ1n) is 6.39. The van der Waals surface area contributed by atoms with Crippen LogP contribution in [0, 0.1) is 6.92 Å². The highest BCUT2D eigenvalue weighted by molar-refractivity contribution is 9.10. The van der Waals surface area contributed by atoms with Gasteiger partial charge >= 0.3 is 0 Å². The van der Waals surface area contributed by atoms with Gasteiger partial charge in [-0.2, -0.15) is 0 Å². The Labute approximate surface area is 121 Å². The van der Waals surface area contributed by atoms with Gasteiger partial charge in [-0.1, -0.05) is 0 Å². The van der Waals surface area contributed by atoms with Gasteiger partial charge in [-0.15, -0.1) is 0 Å². The predicted octanol–water partition coefficient (Wildman–Crippen LogP) is 1.81. The van der Waals surface area contributed by atoms with Crippen molar-refractivity contribution in [1.82, 2.24) is 9.88 Å². The van der Waals surface area contributed by atoms with Gasteiger partial charge in [0.2, 0.25) is 5.91 Å². The molecule has 2 heterocycles. The van der Waals surface area contributed by atoms with Crippen LogP contribution in [0.25, 0.3) is 0 Å². The first-order valence-corrected chi connectivity index (χ1v) is 7.18. The summed E-state index contributed by atoms with van der Waals surface area (Å²) in [6, 6.07) is 1.94. The molecule has 6 heteroatoms. The van der Waals surface area contributed by atoms with E-state index in [0.29, 0.717) is 39.3 Å².